The van der Waals surface area contributed by atoms with Crippen molar-refractivity contribution in [3.63, 3.8) is 0 Å². The Morgan fingerprint density at radius 1 is 1.09 bits per heavy atom. The van der Waals surface area contributed by atoms with Gasteiger partial charge in [-0.1, -0.05) is 19.1 Å². The third-order valence-electron chi connectivity index (χ3n) is 5.37. The summed E-state index contributed by atoms with van der Waals surface area (Å²) in [7, 11) is 3.50. The average molecular weight is 551 g/mol. The van der Waals surface area contributed by atoms with Crippen LogP contribution in [0.1, 0.15) is 25.3 Å². The Bertz CT molecular complexity index is 880. The number of carbonyl (C=O) groups excluding carboxylic acids is 1. The number of methoxy groups -OCH3 is 1. The number of anilines is 2. The summed E-state index contributed by atoms with van der Waals surface area (Å²) in [6, 6.07) is 16.2. The molecule has 1 fully saturated rings. The van der Waals surface area contributed by atoms with Crippen molar-refractivity contribution in [2.45, 2.75) is 26.3 Å². The molecule has 32 heavy (non-hydrogen) atoms. The number of carbonyl (C=O) groups is 1. The molecular formula is C24H34IN5O2. The van der Waals surface area contributed by atoms with Crippen LogP contribution in [-0.4, -0.2) is 57.1 Å². The summed E-state index contributed by atoms with van der Waals surface area (Å²) in [4.78, 5) is 21.0. The quantitative estimate of drug-likeness (QED) is 0.310. The maximum absolute atomic E-state index is 11.8. The zero-order chi connectivity index (χ0) is 22.1. The van der Waals surface area contributed by atoms with Gasteiger partial charge in [0.25, 0.3) is 0 Å². The van der Waals surface area contributed by atoms with Gasteiger partial charge in [-0.2, -0.15) is 0 Å². The number of hydrogen-bond acceptors (Lipinski definition) is 4. The number of hydrogen-bond donors (Lipinski definition) is 2. The van der Waals surface area contributed by atoms with Crippen molar-refractivity contribution < 1.29 is 9.53 Å². The fourth-order valence-corrected chi connectivity index (χ4v) is 3.69. The third-order valence-corrected chi connectivity index (χ3v) is 5.37. The van der Waals surface area contributed by atoms with Gasteiger partial charge in [-0.15, -0.1) is 24.0 Å². The molecule has 0 aliphatic carbocycles. The van der Waals surface area contributed by atoms with E-state index in [1.54, 1.807) is 7.11 Å². The van der Waals surface area contributed by atoms with Crippen molar-refractivity contribution in [3.8, 4) is 5.75 Å². The molecule has 0 atom stereocenters. The lowest BCUT2D eigenvalue weighted by atomic mass is 10.2. The Labute approximate surface area is 208 Å². The molecule has 1 amide bonds. The molecule has 0 radical (unpaired) electrons. The molecule has 1 saturated heterocycles. The minimum Gasteiger partial charge on any atom is -0.497 e. The summed E-state index contributed by atoms with van der Waals surface area (Å²) in [6.45, 7) is 6.33. The number of nitrogens with zero attached hydrogens (tertiary/aromatic N) is 3. The Morgan fingerprint density at radius 2 is 1.81 bits per heavy atom. The summed E-state index contributed by atoms with van der Waals surface area (Å²) >= 11 is 0. The van der Waals surface area contributed by atoms with Crippen LogP contribution in [-0.2, 0) is 11.3 Å². The Hall–Kier alpha value is -2.49. The van der Waals surface area contributed by atoms with Crippen LogP contribution < -0.4 is 20.3 Å². The molecule has 0 saturated carbocycles. The highest BCUT2D eigenvalue weighted by molar-refractivity contribution is 14.0. The normalized spacial score (nSPS) is 13.9. The van der Waals surface area contributed by atoms with Gasteiger partial charge in [-0.25, -0.2) is 0 Å². The smallest absolute Gasteiger partial charge is 0.224 e. The van der Waals surface area contributed by atoms with E-state index in [0.717, 1.165) is 55.6 Å². The number of rotatable bonds is 7. The van der Waals surface area contributed by atoms with E-state index in [0.29, 0.717) is 13.0 Å². The van der Waals surface area contributed by atoms with Gasteiger partial charge in [0.1, 0.15) is 5.75 Å². The van der Waals surface area contributed by atoms with Crippen LogP contribution in [0.25, 0.3) is 0 Å². The van der Waals surface area contributed by atoms with Crippen LogP contribution in [0.3, 0.4) is 0 Å². The third kappa shape index (κ3) is 7.29. The number of benzene rings is 2. The molecule has 0 unspecified atom stereocenters. The Kier molecular flexibility index (Phi) is 10.6. The molecule has 1 heterocycles. The van der Waals surface area contributed by atoms with Crippen LogP contribution in [0.2, 0.25) is 0 Å². The fraction of sp³-hybridized carbons (Fsp3) is 0.417. The van der Waals surface area contributed by atoms with Crippen molar-refractivity contribution >= 4 is 47.2 Å². The lowest BCUT2D eigenvalue weighted by molar-refractivity contribution is -0.116. The lowest BCUT2D eigenvalue weighted by Crippen LogP contribution is -2.52. The van der Waals surface area contributed by atoms with Gasteiger partial charge in [-0.3, -0.25) is 9.79 Å². The predicted octanol–water partition coefficient (Wildman–Crippen LogP) is 3.95. The topological polar surface area (TPSA) is 69.2 Å². The number of piperazine rings is 1. The Balaban J connectivity index is 0.00000363. The van der Waals surface area contributed by atoms with Crippen LogP contribution in [0.4, 0.5) is 11.4 Å². The molecule has 3 rings (SSSR count). The summed E-state index contributed by atoms with van der Waals surface area (Å²) in [6.07, 6.45) is 1.38. The minimum atomic E-state index is 0. The number of guanidine groups is 1. The molecular weight excluding hydrogens is 517 g/mol. The minimum absolute atomic E-state index is 0. The first-order valence-corrected chi connectivity index (χ1v) is 10.9. The molecule has 0 spiro atoms. The summed E-state index contributed by atoms with van der Waals surface area (Å²) in [5.74, 6) is 1.83. The van der Waals surface area contributed by atoms with Gasteiger partial charge in [0.2, 0.25) is 5.91 Å². The van der Waals surface area contributed by atoms with Crippen LogP contribution in [0.5, 0.6) is 5.75 Å². The van der Waals surface area contributed by atoms with Crippen LogP contribution >= 0.6 is 24.0 Å². The van der Waals surface area contributed by atoms with Crippen LogP contribution in [0, 0.1) is 0 Å². The second-order valence-corrected chi connectivity index (χ2v) is 7.57. The standard InChI is InChI=1S/C24H33N5O2.HI/c1-4-6-23(30)27-20-8-5-7-19(17-20)18-26-24(25-2)29-15-13-28(14-16-29)21-9-11-22(31-3)12-10-21;/h5,7-12,17H,4,6,13-16,18H2,1-3H3,(H,25,26)(H,27,30);1H. The van der Waals surface area contributed by atoms with E-state index in [1.807, 2.05) is 44.3 Å². The first-order chi connectivity index (χ1) is 15.1. The highest BCUT2D eigenvalue weighted by Crippen LogP contribution is 2.20. The Morgan fingerprint density at radius 3 is 2.44 bits per heavy atom. The van der Waals surface area contributed by atoms with Crippen molar-refractivity contribution in [3.05, 3.63) is 54.1 Å². The molecule has 174 valence electrons. The van der Waals surface area contributed by atoms with Crippen molar-refractivity contribution in [1.29, 1.82) is 0 Å². The van der Waals surface area contributed by atoms with E-state index in [1.165, 1.54) is 5.69 Å². The largest absolute Gasteiger partial charge is 0.497 e. The SMILES string of the molecule is CCCC(=O)Nc1cccc(CNC(=NC)N2CCN(c3ccc(OC)cc3)CC2)c1.I. The first-order valence-electron chi connectivity index (χ1n) is 10.9. The van der Waals surface area contributed by atoms with E-state index in [2.05, 4.69) is 43.6 Å². The van der Waals surface area contributed by atoms with Gasteiger partial charge in [0.15, 0.2) is 5.96 Å². The molecule has 2 N–H and O–H groups in total. The molecule has 0 aromatic heterocycles. The van der Waals surface area contributed by atoms with Crippen molar-refractivity contribution in [2.75, 3.05) is 50.6 Å². The van der Waals surface area contributed by atoms with Gasteiger partial charge in [0.05, 0.1) is 7.11 Å². The second-order valence-electron chi connectivity index (χ2n) is 7.57. The van der Waals surface area contributed by atoms with Gasteiger partial charge >= 0.3 is 0 Å². The van der Waals surface area contributed by atoms with E-state index < -0.39 is 0 Å². The van der Waals surface area contributed by atoms with Crippen LogP contribution in [0.15, 0.2) is 53.5 Å². The number of nitrogens with one attached hydrogen (secondary N) is 2. The van der Waals surface area contributed by atoms with E-state index in [-0.39, 0.29) is 29.9 Å². The molecule has 8 heteroatoms. The zero-order valence-corrected chi connectivity index (χ0v) is 21.5. The molecule has 1 aliphatic heterocycles. The van der Waals surface area contributed by atoms with Gasteiger partial charge in [-0.05, 0) is 48.4 Å². The molecule has 0 bridgehead atoms. The number of amides is 1. The van der Waals surface area contributed by atoms with Crippen molar-refractivity contribution in [2.24, 2.45) is 4.99 Å². The summed E-state index contributed by atoms with van der Waals surface area (Å²) in [5, 5.41) is 6.41. The highest BCUT2D eigenvalue weighted by Gasteiger charge is 2.19. The maximum atomic E-state index is 11.8. The number of halogens is 1. The highest BCUT2D eigenvalue weighted by atomic mass is 127. The zero-order valence-electron chi connectivity index (χ0n) is 19.1. The molecule has 7 nitrogen and oxygen atoms in total. The van der Waals surface area contributed by atoms with Crippen molar-refractivity contribution in [1.82, 2.24) is 10.2 Å². The predicted molar refractivity (Wildman–Crippen MR) is 142 cm³/mol. The van der Waals surface area contributed by atoms with E-state index in [9.17, 15) is 4.79 Å². The maximum Gasteiger partial charge on any atom is 0.224 e. The molecule has 2 aromatic rings. The fourth-order valence-electron chi connectivity index (χ4n) is 3.69. The number of ether oxygens (including phenoxy) is 1. The van der Waals surface area contributed by atoms with Gasteiger partial charge in [0, 0.05) is 57.6 Å². The van der Waals surface area contributed by atoms with E-state index >= 15 is 0 Å². The summed E-state index contributed by atoms with van der Waals surface area (Å²) in [5.41, 5.74) is 3.15. The number of aliphatic imine (C=N–C) groups is 1. The monoisotopic (exact) mass is 551 g/mol. The first kappa shape index (κ1) is 25.8. The molecule has 1 aliphatic rings. The summed E-state index contributed by atoms with van der Waals surface area (Å²) < 4.78 is 5.25. The van der Waals surface area contributed by atoms with E-state index in [4.69, 9.17) is 4.74 Å². The molecule has 2 aromatic carbocycles. The van der Waals surface area contributed by atoms with Gasteiger partial charge < -0.3 is 25.2 Å². The average Bonchev–Trinajstić information content (AvgIpc) is 2.80. The second kappa shape index (κ2) is 13.1. The lowest BCUT2D eigenvalue weighted by Gasteiger charge is -2.37.